The van der Waals surface area contributed by atoms with Gasteiger partial charge in [-0.25, -0.2) is 0 Å². The highest BCUT2D eigenvalue weighted by Gasteiger charge is 2.62. The first-order valence-corrected chi connectivity index (χ1v) is 10.9. The molecule has 0 nitrogen and oxygen atoms in total. The molecule has 16 heavy (non-hydrogen) atoms. The molecule has 4 rings (SSSR count). The van der Waals surface area contributed by atoms with Gasteiger partial charge in [0.05, 0.1) is 0 Å². The smallest absolute Gasteiger partial charge is 0.145 e. The van der Waals surface area contributed by atoms with Crippen LogP contribution in [0.25, 0.3) is 0 Å². The van der Waals surface area contributed by atoms with Gasteiger partial charge in [0.2, 0.25) is 0 Å². The van der Waals surface area contributed by atoms with Crippen LogP contribution in [-0.2, 0) is 0 Å². The summed E-state index contributed by atoms with van der Waals surface area (Å²) in [5.41, 5.74) is 0.507. The van der Waals surface area contributed by atoms with Crippen LogP contribution >= 0.6 is 22.2 Å². The van der Waals surface area contributed by atoms with E-state index < -0.39 is 6.69 Å². The summed E-state index contributed by atoms with van der Waals surface area (Å²) in [5, 5.41) is 0.388. The molecule has 0 aromatic carbocycles. The summed E-state index contributed by atoms with van der Waals surface area (Å²) in [6.45, 7) is 2.39. The maximum Gasteiger partial charge on any atom is 0.259 e. The van der Waals surface area contributed by atoms with E-state index in [0.29, 0.717) is 10.6 Å². The summed E-state index contributed by atoms with van der Waals surface area (Å²) in [7, 11) is 0. The fourth-order valence-corrected chi connectivity index (χ4v) is 9.43. The van der Waals surface area contributed by atoms with Crippen LogP contribution in [0.1, 0.15) is 52.4 Å². The van der Waals surface area contributed by atoms with Gasteiger partial charge >= 0.3 is 0 Å². The van der Waals surface area contributed by atoms with Crippen molar-refractivity contribution in [1.29, 1.82) is 0 Å². The van der Waals surface area contributed by atoms with Crippen molar-refractivity contribution in [3.05, 3.63) is 0 Å². The quantitative estimate of drug-likeness (QED) is 0.475. The molecule has 0 aromatic heterocycles. The van der Waals surface area contributed by atoms with E-state index in [1.165, 1.54) is 38.5 Å². The molecule has 0 aromatic rings. The van der Waals surface area contributed by atoms with E-state index >= 15 is 0 Å². The van der Waals surface area contributed by atoms with Crippen LogP contribution in [0.15, 0.2) is 0 Å². The highest BCUT2D eigenvalue weighted by molar-refractivity contribution is 7.47. The zero-order valence-electron chi connectivity index (χ0n) is 10.3. The summed E-state index contributed by atoms with van der Waals surface area (Å²) in [5.74, 6) is 2.90. The first-order chi connectivity index (χ1) is 7.43. The zero-order valence-corrected chi connectivity index (χ0v) is 12.8. The molecule has 4 aliphatic carbocycles. The van der Waals surface area contributed by atoms with Gasteiger partial charge in [0, 0.05) is 0 Å². The lowest BCUT2D eigenvalue weighted by Gasteiger charge is -2.60. The predicted octanol–water partition coefficient (Wildman–Crippen LogP) is 5.29. The Morgan fingerprint density at radius 2 is 1.31 bits per heavy atom. The molecular formula is C13H22Cl2Si. The summed E-state index contributed by atoms with van der Waals surface area (Å²) < 4.78 is 0. The minimum Gasteiger partial charge on any atom is -0.145 e. The Labute approximate surface area is 109 Å². The summed E-state index contributed by atoms with van der Waals surface area (Å²) in [6, 6.07) is 0. The molecule has 0 N–H and O–H groups in total. The van der Waals surface area contributed by atoms with Gasteiger partial charge in [0.1, 0.15) is 0 Å². The molecular weight excluding hydrogens is 255 g/mol. The van der Waals surface area contributed by atoms with Gasteiger partial charge < -0.3 is 0 Å². The van der Waals surface area contributed by atoms with Crippen LogP contribution in [0.5, 0.6) is 0 Å². The Bertz CT molecular complexity index is 263. The second-order valence-electron chi connectivity index (χ2n) is 6.98. The lowest BCUT2D eigenvalue weighted by atomic mass is 9.56. The molecule has 0 amide bonds. The van der Waals surface area contributed by atoms with E-state index in [-0.39, 0.29) is 0 Å². The van der Waals surface area contributed by atoms with Gasteiger partial charge in [-0.1, -0.05) is 13.8 Å². The number of hydrogen-bond donors (Lipinski definition) is 0. The molecule has 0 saturated heterocycles. The van der Waals surface area contributed by atoms with E-state index in [1.54, 1.807) is 0 Å². The molecule has 0 unspecified atom stereocenters. The van der Waals surface area contributed by atoms with Crippen molar-refractivity contribution < 1.29 is 0 Å². The summed E-state index contributed by atoms with van der Waals surface area (Å²) in [4.78, 5) is 0. The van der Waals surface area contributed by atoms with Crippen molar-refractivity contribution >= 4 is 28.9 Å². The molecule has 0 spiro atoms. The summed E-state index contributed by atoms with van der Waals surface area (Å²) in [6.07, 6.45) is 8.52. The molecule has 4 bridgehead atoms. The molecule has 0 heterocycles. The van der Waals surface area contributed by atoms with E-state index in [4.69, 9.17) is 22.2 Å². The molecule has 4 aliphatic rings. The van der Waals surface area contributed by atoms with E-state index in [1.807, 2.05) is 0 Å². The normalized spacial score (nSPS) is 46.7. The average molecular weight is 277 g/mol. The lowest BCUT2D eigenvalue weighted by Crippen LogP contribution is -2.53. The topological polar surface area (TPSA) is 0 Å². The molecule has 4 fully saturated rings. The Morgan fingerprint density at radius 1 is 0.938 bits per heavy atom. The first-order valence-electron chi connectivity index (χ1n) is 6.81. The second kappa shape index (κ2) is 3.65. The molecule has 0 aliphatic heterocycles. The predicted molar refractivity (Wildman–Crippen MR) is 73.4 cm³/mol. The summed E-state index contributed by atoms with van der Waals surface area (Å²) >= 11 is 13.8. The van der Waals surface area contributed by atoms with Crippen molar-refractivity contribution in [2.24, 2.45) is 17.8 Å². The van der Waals surface area contributed by atoms with Crippen LogP contribution in [0.3, 0.4) is 0 Å². The zero-order chi connectivity index (χ0) is 11.6. The minimum absolute atomic E-state index is 0.388. The van der Waals surface area contributed by atoms with Gasteiger partial charge in [-0.15, -0.1) is 22.2 Å². The Kier molecular flexibility index (Phi) is 2.70. The second-order valence-corrected chi connectivity index (χ2v) is 14.6. The van der Waals surface area contributed by atoms with Crippen LogP contribution < -0.4 is 0 Å². The largest absolute Gasteiger partial charge is 0.259 e. The Morgan fingerprint density at radius 3 is 1.62 bits per heavy atom. The number of halogens is 2. The van der Waals surface area contributed by atoms with Crippen LogP contribution in [0.2, 0.25) is 10.6 Å². The molecule has 4 saturated carbocycles. The molecule has 92 valence electrons. The Hall–Kier alpha value is 0.797. The van der Waals surface area contributed by atoms with Crippen LogP contribution in [0.4, 0.5) is 0 Å². The van der Waals surface area contributed by atoms with Crippen molar-refractivity contribution in [2.45, 2.75) is 63.0 Å². The van der Waals surface area contributed by atoms with Crippen molar-refractivity contribution in [2.75, 3.05) is 0 Å². The fraction of sp³-hybridized carbons (Fsp3) is 1.00. The SMILES string of the molecule is CC(C)[Si](Cl)(Cl)C12CC3CC(CC(C3)C1)C2. The van der Waals surface area contributed by atoms with Gasteiger partial charge in [-0.05, 0) is 66.9 Å². The highest BCUT2D eigenvalue weighted by atomic mass is 35.7. The van der Waals surface area contributed by atoms with Crippen LogP contribution in [-0.4, -0.2) is 6.69 Å². The van der Waals surface area contributed by atoms with E-state index in [9.17, 15) is 0 Å². The molecule has 0 radical (unpaired) electrons. The third kappa shape index (κ3) is 1.54. The van der Waals surface area contributed by atoms with Crippen molar-refractivity contribution in [3.8, 4) is 0 Å². The highest BCUT2D eigenvalue weighted by Crippen LogP contribution is 2.70. The molecule has 0 atom stereocenters. The fourth-order valence-electron chi connectivity index (χ4n) is 5.13. The maximum absolute atomic E-state index is 6.90. The third-order valence-corrected chi connectivity index (χ3v) is 14.0. The maximum atomic E-state index is 6.90. The van der Waals surface area contributed by atoms with Gasteiger partial charge in [-0.3, -0.25) is 0 Å². The lowest BCUT2D eigenvalue weighted by molar-refractivity contribution is 0.0265. The van der Waals surface area contributed by atoms with E-state index in [2.05, 4.69) is 13.8 Å². The molecule has 3 heteroatoms. The van der Waals surface area contributed by atoms with E-state index in [0.717, 1.165) is 17.8 Å². The van der Waals surface area contributed by atoms with Crippen molar-refractivity contribution in [3.63, 3.8) is 0 Å². The van der Waals surface area contributed by atoms with Gasteiger partial charge in [0.25, 0.3) is 6.69 Å². The number of rotatable bonds is 2. The van der Waals surface area contributed by atoms with Crippen molar-refractivity contribution in [1.82, 2.24) is 0 Å². The Balaban J connectivity index is 1.94. The minimum atomic E-state index is -2.09. The van der Waals surface area contributed by atoms with Gasteiger partial charge in [0.15, 0.2) is 0 Å². The number of hydrogen-bond acceptors (Lipinski definition) is 0. The third-order valence-electron chi connectivity index (χ3n) is 5.47. The standard InChI is InChI=1S/C13H22Cl2Si/c1-9(2)16(14,15)13-6-10-3-11(7-13)5-12(4-10)8-13/h9-12H,3-8H2,1-2H3. The monoisotopic (exact) mass is 276 g/mol. The van der Waals surface area contributed by atoms with Gasteiger partial charge in [-0.2, -0.15) is 0 Å². The van der Waals surface area contributed by atoms with Crippen LogP contribution in [0, 0.1) is 17.8 Å². The first kappa shape index (κ1) is 11.9. The average Bonchev–Trinajstić information content (AvgIpc) is 2.14.